The van der Waals surface area contributed by atoms with Crippen LogP contribution < -0.4 is 5.32 Å². The SMILES string of the molecule is CCCCCCCC/C=C\CCCCCCCCCC(=O)OCCCCCCCCCCCCCC/C=C\CCCCCCCCCCC(=O)NC(CO)C(O)/C=C/CCCCCCCCCCCCCCCCCCCCC. The van der Waals surface area contributed by atoms with Crippen molar-refractivity contribution in [1.29, 1.82) is 0 Å². The summed E-state index contributed by atoms with van der Waals surface area (Å²) >= 11 is 0. The van der Waals surface area contributed by atoms with Gasteiger partial charge in [-0.2, -0.15) is 0 Å². The van der Waals surface area contributed by atoms with Crippen LogP contribution in [0.4, 0.5) is 0 Å². The maximum atomic E-state index is 12.5. The van der Waals surface area contributed by atoms with Gasteiger partial charge in [0.05, 0.1) is 25.4 Å². The summed E-state index contributed by atoms with van der Waals surface area (Å²) in [6, 6.07) is -0.633. The number of hydrogen-bond acceptors (Lipinski definition) is 5. The van der Waals surface area contributed by atoms with E-state index < -0.39 is 12.1 Å². The molecule has 79 heavy (non-hydrogen) atoms. The van der Waals surface area contributed by atoms with Gasteiger partial charge in [0.1, 0.15) is 0 Å². The molecule has 0 heterocycles. The Balaban J connectivity index is 3.42. The van der Waals surface area contributed by atoms with Gasteiger partial charge < -0.3 is 20.3 Å². The largest absolute Gasteiger partial charge is 0.466 e. The Labute approximate surface area is 494 Å². The molecule has 0 aromatic heterocycles. The number of esters is 1. The normalized spacial score (nSPS) is 12.7. The smallest absolute Gasteiger partial charge is 0.305 e. The average Bonchev–Trinajstić information content (AvgIpc) is 3.45. The Kier molecular flexibility index (Phi) is 66.9. The third-order valence-electron chi connectivity index (χ3n) is 16.6. The number of allylic oxidation sites excluding steroid dienone is 5. The lowest BCUT2D eigenvalue weighted by Gasteiger charge is -2.20. The van der Waals surface area contributed by atoms with E-state index in [9.17, 15) is 19.8 Å². The summed E-state index contributed by atoms with van der Waals surface area (Å²) in [6.45, 7) is 4.93. The lowest BCUT2D eigenvalue weighted by molar-refractivity contribution is -0.143. The number of amides is 1. The van der Waals surface area contributed by atoms with Crippen LogP contribution >= 0.6 is 0 Å². The molecule has 0 saturated heterocycles. The molecule has 0 aliphatic rings. The Morgan fingerprint density at radius 2 is 0.595 bits per heavy atom. The number of carbonyl (C=O) groups excluding carboxylic acids is 2. The first-order valence-corrected chi connectivity index (χ1v) is 35.8. The lowest BCUT2D eigenvalue weighted by Crippen LogP contribution is -2.45. The molecule has 0 rings (SSSR count). The van der Waals surface area contributed by atoms with Crippen molar-refractivity contribution in [3.05, 3.63) is 36.5 Å². The minimum Gasteiger partial charge on any atom is -0.466 e. The standard InChI is InChI=1S/C73H139NO5/c1-3-5-7-9-11-13-15-17-19-21-22-27-30-34-37-41-45-49-53-57-61-65-71(76)70(69-75)74-72(77)66-62-58-54-50-46-42-38-35-31-28-25-23-24-26-29-32-36-40-44-48-52-56-60-64-68-79-73(78)67-63-59-55-51-47-43-39-33-20-18-16-14-12-10-8-6-4-2/h18,20,25,28,61,65,70-71,75-76H,3-17,19,21-24,26-27,29-60,62-64,66-69H2,1-2H3,(H,74,77)/b20-18-,28-25-,65-61+. The second kappa shape index (κ2) is 68.6. The van der Waals surface area contributed by atoms with Crippen LogP contribution in [0.5, 0.6) is 0 Å². The maximum absolute atomic E-state index is 12.5. The molecule has 0 aromatic rings. The van der Waals surface area contributed by atoms with E-state index in [0.29, 0.717) is 19.4 Å². The fourth-order valence-electron chi connectivity index (χ4n) is 11.2. The summed E-state index contributed by atoms with van der Waals surface area (Å²) in [4.78, 5) is 24.6. The van der Waals surface area contributed by atoms with Gasteiger partial charge in [-0.05, 0) is 83.5 Å². The minimum atomic E-state index is -0.849. The van der Waals surface area contributed by atoms with E-state index in [1.54, 1.807) is 6.08 Å². The molecule has 466 valence electrons. The number of nitrogens with one attached hydrogen (secondary N) is 1. The van der Waals surface area contributed by atoms with Crippen molar-refractivity contribution in [2.24, 2.45) is 0 Å². The molecule has 0 spiro atoms. The van der Waals surface area contributed by atoms with E-state index in [1.165, 1.54) is 321 Å². The molecule has 2 atom stereocenters. The van der Waals surface area contributed by atoms with E-state index in [4.69, 9.17) is 4.74 Å². The van der Waals surface area contributed by atoms with Gasteiger partial charge >= 0.3 is 5.97 Å². The molecule has 6 heteroatoms. The van der Waals surface area contributed by atoms with Gasteiger partial charge in [-0.15, -0.1) is 0 Å². The predicted octanol–water partition coefficient (Wildman–Crippen LogP) is 23.1. The highest BCUT2D eigenvalue weighted by Crippen LogP contribution is 2.18. The zero-order chi connectivity index (χ0) is 57.1. The number of rotatable bonds is 67. The van der Waals surface area contributed by atoms with Crippen LogP contribution in [0.3, 0.4) is 0 Å². The van der Waals surface area contributed by atoms with Crippen LogP contribution in [0.25, 0.3) is 0 Å². The molecule has 0 bridgehead atoms. The average molecular weight is 1110 g/mol. The Morgan fingerprint density at radius 1 is 0.342 bits per heavy atom. The van der Waals surface area contributed by atoms with Crippen LogP contribution in [-0.2, 0) is 14.3 Å². The number of aliphatic hydroxyl groups excluding tert-OH is 2. The molecule has 6 nitrogen and oxygen atoms in total. The first-order valence-electron chi connectivity index (χ1n) is 35.8. The van der Waals surface area contributed by atoms with Crippen molar-refractivity contribution in [3.8, 4) is 0 Å². The highest BCUT2D eigenvalue weighted by atomic mass is 16.5. The molecule has 0 aliphatic heterocycles. The van der Waals surface area contributed by atoms with Crippen molar-refractivity contribution >= 4 is 11.9 Å². The van der Waals surface area contributed by atoms with Gasteiger partial charge in [-0.3, -0.25) is 9.59 Å². The quantitative estimate of drug-likeness (QED) is 0.0320. The molecule has 0 aromatic carbocycles. The topological polar surface area (TPSA) is 95.9 Å². The van der Waals surface area contributed by atoms with Crippen LogP contribution in [0.1, 0.15) is 393 Å². The van der Waals surface area contributed by atoms with Crippen LogP contribution in [0.15, 0.2) is 36.5 Å². The molecule has 0 fully saturated rings. The van der Waals surface area contributed by atoms with E-state index >= 15 is 0 Å². The third kappa shape index (κ3) is 65.1. The highest BCUT2D eigenvalue weighted by Gasteiger charge is 2.18. The highest BCUT2D eigenvalue weighted by molar-refractivity contribution is 5.76. The van der Waals surface area contributed by atoms with Crippen molar-refractivity contribution in [3.63, 3.8) is 0 Å². The Bertz CT molecular complexity index is 1280. The van der Waals surface area contributed by atoms with Crippen LogP contribution in [0.2, 0.25) is 0 Å². The first kappa shape index (κ1) is 77.1. The second-order valence-corrected chi connectivity index (χ2v) is 24.6. The lowest BCUT2D eigenvalue weighted by atomic mass is 10.0. The van der Waals surface area contributed by atoms with E-state index in [1.807, 2.05) is 6.08 Å². The van der Waals surface area contributed by atoms with Crippen LogP contribution in [-0.4, -0.2) is 47.4 Å². The van der Waals surface area contributed by atoms with Crippen molar-refractivity contribution < 1.29 is 24.5 Å². The van der Waals surface area contributed by atoms with Gasteiger partial charge in [0, 0.05) is 12.8 Å². The molecule has 0 radical (unpaired) electrons. The van der Waals surface area contributed by atoms with Crippen LogP contribution in [0, 0.1) is 0 Å². The van der Waals surface area contributed by atoms with Gasteiger partial charge in [-0.25, -0.2) is 0 Å². The van der Waals surface area contributed by atoms with Gasteiger partial charge in [0.2, 0.25) is 5.91 Å². The van der Waals surface area contributed by atoms with Gasteiger partial charge in [-0.1, -0.05) is 333 Å². The van der Waals surface area contributed by atoms with E-state index in [2.05, 4.69) is 43.5 Å². The summed E-state index contributed by atoms with van der Waals surface area (Å²) in [7, 11) is 0. The fourth-order valence-corrected chi connectivity index (χ4v) is 11.2. The Hall–Kier alpha value is -1.92. The number of hydrogen-bond donors (Lipinski definition) is 3. The second-order valence-electron chi connectivity index (χ2n) is 24.6. The molecular weight excluding hydrogens is 971 g/mol. The molecule has 2 unspecified atom stereocenters. The van der Waals surface area contributed by atoms with Gasteiger partial charge in [0.25, 0.3) is 0 Å². The minimum absolute atomic E-state index is 0.00930. The molecule has 3 N–H and O–H groups in total. The molecule has 0 saturated carbocycles. The summed E-state index contributed by atoms with van der Waals surface area (Å²) in [5.41, 5.74) is 0. The number of aliphatic hydroxyl groups is 2. The Morgan fingerprint density at radius 3 is 0.899 bits per heavy atom. The van der Waals surface area contributed by atoms with Crippen molar-refractivity contribution in [1.82, 2.24) is 5.32 Å². The van der Waals surface area contributed by atoms with E-state index in [-0.39, 0.29) is 18.5 Å². The first-order chi connectivity index (χ1) is 39.0. The summed E-state index contributed by atoms with van der Waals surface area (Å²) in [5.74, 6) is -0.0597. The monoisotopic (exact) mass is 1110 g/mol. The molecule has 1 amide bonds. The summed E-state index contributed by atoms with van der Waals surface area (Å²) < 4.78 is 5.50. The van der Waals surface area contributed by atoms with Gasteiger partial charge in [0.15, 0.2) is 0 Å². The number of ether oxygens (including phenoxy) is 1. The fraction of sp³-hybridized carbons (Fsp3) is 0.890. The molecular formula is C73H139NO5. The maximum Gasteiger partial charge on any atom is 0.305 e. The third-order valence-corrected chi connectivity index (χ3v) is 16.6. The number of carbonyl (C=O) groups is 2. The zero-order valence-electron chi connectivity index (χ0n) is 53.4. The van der Waals surface area contributed by atoms with Crippen molar-refractivity contribution in [2.75, 3.05) is 13.2 Å². The summed E-state index contributed by atoms with van der Waals surface area (Å²) in [6.07, 6.45) is 87.9. The van der Waals surface area contributed by atoms with E-state index in [0.717, 1.165) is 44.9 Å². The summed E-state index contributed by atoms with van der Waals surface area (Å²) in [5, 5.41) is 23.2. The zero-order valence-corrected chi connectivity index (χ0v) is 53.4. The predicted molar refractivity (Wildman–Crippen MR) is 347 cm³/mol. The van der Waals surface area contributed by atoms with Crippen molar-refractivity contribution in [2.45, 2.75) is 405 Å². The number of unbranched alkanes of at least 4 members (excludes halogenated alkanes) is 52. The molecule has 0 aliphatic carbocycles.